The third-order valence-corrected chi connectivity index (χ3v) is 7.53. The summed E-state index contributed by atoms with van der Waals surface area (Å²) in [6.07, 6.45) is 8.91. The van der Waals surface area contributed by atoms with E-state index in [4.69, 9.17) is 0 Å². The molecule has 176 valence electrons. The van der Waals surface area contributed by atoms with E-state index in [0.29, 0.717) is 11.8 Å². The first kappa shape index (κ1) is 21.7. The van der Waals surface area contributed by atoms with Crippen molar-refractivity contribution in [1.82, 2.24) is 19.9 Å². The number of rotatable bonds is 7. The third-order valence-electron chi connectivity index (χ3n) is 7.53. The van der Waals surface area contributed by atoms with Crippen molar-refractivity contribution in [3.8, 4) is 0 Å². The summed E-state index contributed by atoms with van der Waals surface area (Å²) < 4.78 is 0. The van der Waals surface area contributed by atoms with Crippen molar-refractivity contribution in [1.29, 1.82) is 0 Å². The highest BCUT2D eigenvalue weighted by Gasteiger charge is 2.17. The summed E-state index contributed by atoms with van der Waals surface area (Å²) in [5.74, 6) is 0.806. The van der Waals surface area contributed by atoms with Crippen LogP contribution in [0.2, 0.25) is 0 Å². The Hall–Kier alpha value is -3.79. The van der Waals surface area contributed by atoms with Gasteiger partial charge in [-0.05, 0) is 76.8 Å². The van der Waals surface area contributed by atoms with Crippen molar-refractivity contribution in [3.05, 3.63) is 101 Å². The van der Waals surface area contributed by atoms with Gasteiger partial charge in [-0.3, -0.25) is 4.98 Å². The van der Waals surface area contributed by atoms with E-state index < -0.39 is 0 Å². The van der Waals surface area contributed by atoms with Crippen LogP contribution < -0.4 is 0 Å². The molecule has 4 nitrogen and oxygen atoms in total. The number of fused-ring (bicyclic) bond motifs is 3. The SMILES string of the molecule is CCc1cncc2cc(CC(C)c3cccc4cc(CC(C)c5cccc6cc[nH]c56)[nH]c34)[nH]c12. The Morgan fingerprint density at radius 3 is 2.11 bits per heavy atom. The molecular formula is C31H32N4. The molecule has 2 unspecified atom stereocenters. The number of para-hydroxylation sites is 2. The minimum Gasteiger partial charge on any atom is -0.361 e. The quantitative estimate of drug-likeness (QED) is 0.224. The topological polar surface area (TPSA) is 60.3 Å². The van der Waals surface area contributed by atoms with Crippen molar-refractivity contribution in [2.24, 2.45) is 0 Å². The number of aromatic amines is 3. The molecule has 0 bridgehead atoms. The van der Waals surface area contributed by atoms with Crippen molar-refractivity contribution in [3.63, 3.8) is 0 Å². The molecule has 6 rings (SSSR count). The highest BCUT2D eigenvalue weighted by molar-refractivity contribution is 5.85. The van der Waals surface area contributed by atoms with Crippen LogP contribution in [0.25, 0.3) is 32.7 Å². The molecule has 35 heavy (non-hydrogen) atoms. The molecular weight excluding hydrogens is 428 g/mol. The highest BCUT2D eigenvalue weighted by Crippen LogP contribution is 2.32. The van der Waals surface area contributed by atoms with E-state index in [1.165, 1.54) is 60.8 Å². The van der Waals surface area contributed by atoms with Crippen LogP contribution in [0.1, 0.15) is 60.7 Å². The Kier molecular flexibility index (Phi) is 5.44. The standard InChI is InChI=1S/C31H32N4/c1-4-21-17-32-18-24-16-26(34-29(21)24)14-20(3)28-10-6-8-23-15-25(35-31(23)28)13-19(2)27-9-5-7-22-11-12-33-30(22)27/h5-12,15-20,33-35H,4,13-14H2,1-3H3. The molecule has 0 saturated carbocycles. The lowest BCUT2D eigenvalue weighted by atomic mass is 9.94. The molecule has 0 aliphatic heterocycles. The molecule has 0 aliphatic carbocycles. The van der Waals surface area contributed by atoms with E-state index in [0.717, 1.165) is 19.3 Å². The number of hydrogen-bond donors (Lipinski definition) is 3. The van der Waals surface area contributed by atoms with Gasteiger partial charge in [0.2, 0.25) is 0 Å². The number of pyridine rings is 1. The number of nitrogens with one attached hydrogen (secondary N) is 3. The Bertz CT molecular complexity index is 1630. The van der Waals surface area contributed by atoms with Crippen LogP contribution >= 0.6 is 0 Å². The molecule has 6 aromatic rings. The molecule has 0 amide bonds. The molecule has 2 atom stereocenters. The first-order chi connectivity index (χ1) is 17.1. The summed E-state index contributed by atoms with van der Waals surface area (Å²) in [6, 6.07) is 20.0. The lowest BCUT2D eigenvalue weighted by Gasteiger charge is -2.13. The van der Waals surface area contributed by atoms with Gasteiger partial charge in [0, 0.05) is 46.4 Å². The van der Waals surface area contributed by atoms with Crippen LogP contribution in [0.3, 0.4) is 0 Å². The minimum absolute atomic E-state index is 0.390. The van der Waals surface area contributed by atoms with Gasteiger partial charge in [0.1, 0.15) is 0 Å². The molecule has 4 heteroatoms. The second-order valence-corrected chi connectivity index (χ2v) is 10.0. The zero-order valence-corrected chi connectivity index (χ0v) is 20.7. The predicted octanol–water partition coefficient (Wildman–Crippen LogP) is 7.78. The average molecular weight is 461 g/mol. The fourth-order valence-corrected chi connectivity index (χ4v) is 5.70. The van der Waals surface area contributed by atoms with Gasteiger partial charge in [-0.1, -0.05) is 57.2 Å². The monoisotopic (exact) mass is 460 g/mol. The second kappa shape index (κ2) is 8.77. The number of aromatic nitrogens is 4. The molecule has 2 aromatic carbocycles. The number of aryl methyl sites for hydroxylation is 1. The summed E-state index contributed by atoms with van der Waals surface area (Å²) in [6.45, 7) is 6.83. The largest absolute Gasteiger partial charge is 0.361 e. The van der Waals surface area contributed by atoms with Gasteiger partial charge in [-0.2, -0.15) is 0 Å². The van der Waals surface area contributed by atoms with E-state index in [2.05, 4.69) is 95.3 Å². The number of hydrogen-bond acceptors (Lipinski definition) is 1. The molecule has 0 spiro atoms. The summed E-state index contributed by atoms with van der Waals surface area (Å²) in [4.78, 5) is 15.3. The Balaban J connectivity index is 1.27. The lowest BCUT2D eigenvalue weighted by Crippen LogP contribution is -2.01. The zero-order chi connectivity index (χ0) is 23.9. The number of benzene rings is 2. The molecule has 0 radical (unpaired) electrons. The summed E-state index contributed by atoms with van der Waals surface area (Å²) in [5, 5.41) is 3.78. The van der Waals surface area contributed by atoms with Crippen molar-refractivity contribution >= 4 is 32.7 Å². The Morgan fingerprint density at radius 2 is 1.37 bits per heavy atom. The maximum absolute atomic E-state index is 4.41. The van der Waals surface area contributed by atoms with Gasteiger partial charge in [-0.15, -0.1) is 0 Å². The Labute approximate surface area is 205 Å². The maximum atomic E-state index is 4.41. The number of H-pyrrole nitrogens is 3. The minimum atomic E-state index is 0.390. The van der Waals surface area contributed by atoms with Crippen molar-refractivity contribution in [2.45, 2.75) is 51.9 Å². The normalized spacial score (nSPS) is 13.7. The van der Waals surface area contributed by atoms with Crippen LogP contribution in [0, 0.1) is 0 Å². The van der Waals surface area contributed by atoms with Gasteiger partial charge in [0.25, 0.3) is 0 Å². The van der Waals surface area contributed by atoms with Gasteiger partial charge in [0.15, 0.2) is 0 Å². The fourth-order valence-electron chi connectivity index (χ4n) is 5.70. The lowest BCUT2D eigenvalue weighted by molar-refractivity contribution is 0.743. The number of nitrogens with zero attached hydrogens (tertiary/aromatic N) is 1. The van der Waals surface area contributed by atoms with Crippen molar-refractivity contribution < 1.29 is 0 Å². The first-order valence-corrected chi connectivity index (χ1v) is 12.7. The molecule has 4 heterocycles. The van der Waals surface area contributed by atoms with E-state index in [9.17, 15) is 0 Å². The van der Waals surface area contributed by atoms with Crippen LogP contribution in [0.4, 0.5) is 0 Å². The van der Waals surface area contributed by atoms with Crippen LogP contribution in [0.5, 0.6) is 0 Å². The molecule has 0 saturated heterocycles. The molecule has 4 aromatic heterocycles. The average Bonchev–Trinajstić information content (AvgIpc) is 3.60. The third kappa shape index (κ3) is 3.93. The van der Waals surface area contributed by atoms with Crippen molar-refractivity contribution in [2.75, 3.05) is 0 Å². The molecule has 3 N–H and O–H groups in total. The van der Waals surface area contributed by atoms with Gasteiger partial charge in [0.05, 0.1) is 5.52 Å². The van der Waals surface area contributed by atoms with E-state index in [1.54, 1.807) is 0 Å². The van der Waals surface area contributed by atoms with Crippen LogP contribution in [-0.4, -0.2) is 19.9 Å². The van der Waals surface area contributed by atoms with Crippen LogP contribution in [-0.2, 0) is 19.3 Å². The van der Waals surface area contributed by atoms with E-state index >= 15 is 0 Å². The van der Waals surface area contributed by atoms with Gasteiger partial charge < -0.3 is 15.0 Å². The zero-order valence-electron chi connectivity index (χ0n) is 20.7. The van der Waals surface area contributed by atoms with Gasteiger partial charge >= 0.3 is 0 Å². The Morgan fingerprint density at radius 1 is 0.714 bits per heavy atom. The van der Waals surface area contributed by atoms with Crippen LogP contribution in [0.15, 0.2) is 73.2 Å². The summed E-state index contributed by atoms with van der Waals surface area (Å²) in [5.41, 5.74) is 10.3. The summed E-state index contributed by atoms with van der Waals surface area (Å²) in [7, 11) is 0. The summed E-state index contributed by atoms with van der Waals surface area (Å²) >= 11 is 0. The highest BCUT2D eigenvalue weighted by atomic mass is 14.7. The van der Waals surface area contributed by atoms with E-state index in [1.807, 2.05) is 18.6 Å². The smallest absolute Gasteiger partial charge is 0.0519 e. The first-order valence-electron chi connectivity index (χ1n) is 12.7. The fraction of sp³-hybridized carbons (Fsp3) is 0.258. The molecule has 0 fully saturated rings. The second-order valence-electron chi connectivity index (χ2n) is 10.0. The predicted molar refractivity (Wildman–Crippen MR) is 146 cm³/mol. The molecule has 0 aliphatic rings. The van der Waals surface area contributed by atoms with E-state index in [-0.39, 0.29) is 0 Å². The van der Waals surface area contributed by atoms with Gasteiger partial charge in [-0.25, -0.2) is 0 Å². The maximum Gasteiger partial charge on any atom is 0.0519 e.